The smallest absolute Gasteiger partial charge is 0.243 e. The number of piperazine rings is 1. The van der Waals surface area contributed by atoms with Gasteiger partial charge in [-0.2, -0.15) is 4.31 Å². The van der Waals surface area contributed by atoms with Crippen LogP contribution >= 0.6 is 0 Å². The van der Waals surface area contributed by atoms with E-state index < -0.39 is 10.0 Å². The Bertz CT molecular complexity index is 1260. The fourth-order valence-corrected chi connectivity index (χ4v) is 7.05. The van der Waals surface area contributed by atoms with E-state index in [1.807, 2.05) is 17.0 Å². The van der Waals surface area contributed by atoms with Crippen LogP contribution in [0.4, 0.5) is 0 Å². The summed E-state index contributed by atoms with van der Waals surface area (Å²) in [4.78, 5) is 18.1. The molecule has 3 aromatic rings. The molecule has 2 fully saturated rings. The van der Waals surface area contributed by atoms with Crippen LogP contribution in [-0.4, -0.2) is 74.8 Å². The normalized spacial score (nSPS) is 18.0. The Balaban J connectivity index is 1.18. The minimum absolute atomic E-state index is 0.136. The number of carbonyl (C=O) groups excluding carboxylic acids is 1. The zero-order chi connectivity index (χ0) is 26.5. The first-order chi connectivity index (χ1) is 18.5. The van der Waals surface area contributed by atoms with Crippen molar-refractivity contribution in [3.05, 3.63) is 96.1 Å². The van der Waals surface area contributed by atoms with Gasteiger partial charge in [-0.3, -0.25) is 9.69 Å². The highest BCUT2D eigenvalue weighted by molar-refractivity contribution is 7.89. The molecule has 2 saturated heterocycles. The number of sulfonamides is 1. The van der Waals surface area contributed by atoms with Gasteiger partial charge in [0.05, 0.1) is 18.0 Å². The average molecular weight is 534 g/mol. The zero-order valence-electron chi connectivity index (χ0n) is 21.8. The highest BCUT2D eigenvalue weighted by atomic mass is 32.2. The lowest BCUT2D eigenvalue weighted by molar-refractivity contribution is -0.138. The van der Waals surface area contributed by atoms with E-state index in [2.05, 4.69) is 53.4 Å². The van der Waals surface area contributed by atoms with Crippen molar-refractivity contribution in [1.82, 2.24) is 14.1 Å². The number of piperidine rings is 1. The van der Waals surface area contributed by atoms with Crippen molar-refractivity contribution in [3.63, 3.8) is 0 Å². The first kappa shape index (κ1) is 26.4. The quantitative estimate of drug-likeness (QED) is 0.459. The summed E-state index contributed by atoms with van der Waals surface area (Å²) in [7, 11) is -2.03. The third-order valence-electron chi connectivity index (χ3n) is 7.72. The number of methoxy groups -OCH3 is 1. The Morgan fingerprint density at radius 1 is 0.763 bits per heavy atom. The molecule has 38 heavy (non-hydrogen) atoms. The Labute approximate surface area is 225 Å². The second-order valence-corrected chi connectivity index (χ2v) is 11.9. The van der Waals surface area contributed by atoms with E-state index >= 15 is 0 Å². The van der Waals surface area contributed by atoms with Crippen LogP contribution in [0.25, 0.3) is 0 Å². The lowest BCUT2D eigenvalue weighted by atomic mass is 9.95. The first-order valence-electron chi connectivity index (χ1n) is 13.2. The summed E-state index contributed by atoms with van der Waals surface area (Å²) in [6.45, 7) is 3.66. The zero-order valence-corrected chi connectivity index (χ0v) is 22.6. The lowest BCUT2D eigenvalue weighted by Gasteiger charge is -2.41. The maximum atomic E-state index is 13.4. The molecule has 200 valence electrons. The second-order valence-electron chi connectivity index (χ2n) is 9.94. The molecule has 2 aliphatic heterocycles. The van der Waals surface area contributed by atoms with E-state index in [4.69, 9.17) is 4.74 Å². The Kier molecular flexibility index (Phi) is 8.12. The standard InChI is InChI=1S/C30H35N3O4S/c1-37-27-12-14-28(15-13-27)38(35,36)33-18-16-26(17-19-33)30(34)32-22-20-31(21-23-32)29(24-8-4-2-5-9-24)25-10-6-3-7-11-25/h2-15,26,29H,16-23H2,1H3. The van der Waals surface area contributed by atoms with Gasteiger partial charge in [-0.1, -0.05) is 60.7 Å². The molecule has 7 nitrogen and oxygen atoms in total. The van der Waals surface area contributed by atoms with Gasteiger partial charge >= 0.3 is 0 Å². The molecule has 0 bridgehead atoms. The molecule has 0 unspecified atom stereocenters. The van der Waals surface area contributed by atoms with Crippen LogP contribution < -0.4 is 4.74 Å². The van der Waals surface area contributed by atoms with Crippen molar-refractivity contribution >= 4 is 15.9 Å². The number of hydrogen-bond donors (Lipinski definition) is 0. The summed E-state index contributed by atoms with van der Waals surface area (Å²) in [5.74, 6) is 0.636. The lowest BCUT2D eigenvalue weighted by Crippen LogP contribution is -2.52. The summed E-state index contributed by atoms with van der Waals surface area (Å²) >= 11 is 0. The van der Waals surface area contributed by atoms with Crippen molar-refractivity contribution in [2.24, 2.45) is 5.92 Å². The number of hydrogen-bond acceptors (Lipinski definition) is 5. The third-order valence-corrected chi connectivity index (χ3v) is 9.63. The largest absolute Gasteiger partial charge is 0.497 e. The van der Waals surface area contributed by atoms with Gasteiger partial charge in [0.15, 0.2) is 0 Å². The molecule has 5 rings (SSSR count). The van der Waals surface area contributed by atoms with Crippen molar-refractivity contribution in [1.29, 1.82) is 0 Å². The molecule has 2 heterocycles. The molecule has 1 amide bonds. The molecule has 0 saturated carbocycles. The molecular weight excluding hydrogens is 498 g/mol. The van der Waals surface area contributed by atoms with Crippen LogP contribution in [0, 0.1) is 5.92 Å². The maximum Gasteiger partial charge on any atom is 0.243 e. The number of benzene rings is 3. The Morgan fingerprint density at radius 3 is 1.79 bits per heavy atom. The summed E-state index contributed by atoms with van der Waals surface area (Å²) in [5, 5.41) is 0. The predicted octanol–water partition coefficient (Wildman–Crippen LogP) is 4.03. The van der Waals surface area contributed by atoms with Crippen molar-refractivity contribution in [2.75, 3.05) is 46.4 Å². The number of rotatable bonds is 7. The minimum Gasteiger partial charge on any atom is -0.497 e. The van der Waals surface area contributed by atoms with Gasteiger partial charge in [0.1, 0.15) is 5.75 Å². The third kappa shape index (κ3) is 5.62. The molecule has 0 aliphatic carbocycles. The van der Waals surface area contributed by atoms with E-state index in [0.717, 1.165) is 13.1 Å². The summed E-state index contributed by atoms with van der Waals surface area (Å²) < 4.78 is 32.8. The highest BCUT2D eigenvalue weighted by Gasteiger charge is 2.35. The van der Waals surface area contributed by atoms with Crippen molar-refractivity contribution in [3.8, 4) is 5.75 Å². The summed E-state index contributed by atoms with van der Waals surface area (Å²) in [5.41, 5.74) is 2.51. The second kappa shape index (κ2) is 11.7. The van der Waals surface area contributed by atoms with Crippen LogP contribution in [0.5, 0.6) is 5.75 Å². The van der Waals surface area contributed by atoms with Crippen molar-refractivity contribution in [2.45, 2.75) is 23.8 Å². The van der Waals surface area contributed by atoms with Gasteiger partial charge in [0.2, 0.25) is 15.9 Å². The van der Waals surface area contributed by atoms with Crippen LogP contribution in [0.15, 0.2) is 89.8 Å². The monoisotopic (exact) mass is 533 g/mol. The number of ether oxygens (including phenoxy) is 1. The van der Waals surface area contributed by atoms with Gasteiger partial charge in [-0.05, 0) is 48.2 Å². The van der Waals surface area contributed by atoms with Gasteiger partial charge in [-0.15, -0.1) is 0 Å². The Hall–Kier alpha value is -3.20. The SMILES string of the molecule is COc1ccc(S(=O)(=O)N2CCC(C(=O)N3CCN(C(c4ccccc4)c4ccccc4)CC3)CC2)cc1. The number of amides is 1. The molecule has 0 spiro atoms. The molecule has 8 heteroatoms. The molecule has 2 aliphatic rings. The van der Waals surface area contributed by atoms with E-state index in [-0.39, 0.29) is 22.8 Å². The average Bonchev–Trinajstić information content (AvgIpc) is 2.98. The van der Waals surface area contributed by atoms with Crippen LogP contribution in [0.3, 0.4) is 0 Å². The van der Waals surface area contributed by atoms with Crippen LogP contribution in [0.2, 0.25) is 0 Å². The fraction of sp³-hybridized carbons (Fsp3) is 0.367. The van der Waals surface area contributed by atoms with Gasteiger partial charge < -0.3 is 9.64 Å². The van der Waals surface area contributed by atoms with Gasteiger partial charge in [0, 0.05) is 45.2 Å². The fourth-order valence-electron chi connectivity index (χ4n) is 5.58. The first-order valence-corrected chi connectivity index (χ1v) is 14.7. The maximum absolute atomic E-state index is 13.4. The minimum atomic E-state index is -3.58. The molecule has 0 N–H and O–H groups in total. The number of carbonyl (C=O) groups is 1. The summed E-state index contributed by atoms with van der Waals surface area (Å²) in [6, 6.07) is 27.7. The molecule has 0 radical (unpaired) electrons. The predicted molar refractivity (Wildman–Crippen MR) is 147 cm³/mol. The van der Waals surface area contributed by atoms with E-state index in [1.54, 1.807) is 31.4 Å². The molecular formula is C30H35N3O4S. The molecule has 3 aromatic carbocycles. The highest BCUT2D eigenvalue weighted by Crippen LogP contribution is 2.31. The number of nitrogens with zero attached hydrogens (tertiary/aromatic N) is 3. The summed E-state index contributed by atoms with van der Waals surface area (Å²) in [6.07, 6.45) is 1.09. The van der Waals surface area contributed by atoms with Gasteiger partial charge in [0.25, 0.3) is 0 Å². The molecule has 0 aromatic heterocycles. The Morgan fingerprint density at radius 2 is 1.29 bits per heavy atom. The van der Waals surface area contributed by atoms with E-state index in [0.29, 0.717) is 44.8 Å². The van der Waals surface area contributed by atoms with Crippen LogP contribution in [0.1, 0.15) is 30.0 Å². The van der Waals surface area contributed by atoms with E-state index in [9.17, 15) is 13.2 Å². The van der Waals surface area contributed by atoms with Crippen LogP contribution in [-0.2, 0) is 14.8 Å². The molecule has 0 atom stereocenters. The van der Waals surface area contributed by atoms with Gasteiger partial charge in [-0.25, -0.2) is 8.42 Å². The van der Waals surface area contributed by atoms with E-state index in [1.165, 1.54) is 15.4 Å². The topological polar surface area (TPSA) is 70.2 Å². The van der Waals surface area contributed by atoms with Crippen molar-refractivity contribution < 1.29 is 17.9 Å².